The molecular formula is C11H14BrNO. The summed E-state index contributed by atoms with van der Waals surface area (Å²) in [7, 11) is 0. The zero-order chi connectivity index (χ0) is 9.97. The van der Waals surface area contributed by atoms with Crippen LogP contribution in [0.5, 0.6) is 5.88 Å². The Labute approximate surface area is 92.8 Å². The maximum Gasteiger partial charge on any atom is 0.228 e. The first-order valence-corrected chi connectivity index (χ1v) is 5.84. The summed E-state index contributed by atoms with van der Waals surface area (Å²) in [5.74, 6) is 0.738. The third kappa shape index (κ3) is 2.27. The Morgan fingerprint density at radius 2 is 2.14 bits per heavy atom. The zero-order valence-electron chi connectivity index (χ0n) is 8.29. The second-order valence-corrected chi connectivity index (χ2v) is 4.68. The molecule has 76 valence electrons. The lowest BCUT2D eigenvalue weighted by atomic mass is 10.3. The van der Waals surface area contributed by atoms with E-state index in [1.165, 1.54) is 25.7 Å². The summed E-state index contributed by atoms with van der Waals surface area (Å²) in [5, 5.41) is 0. The monoisotopic (exact) mass is 255 g/mol. The predicted octanol–water partition coefficient (Wildman–Crippen LogP) is 3.47. The van der Waals surface area contributed by atoms with E-state index < -0.39 is 0 Å². The minimum absolute atomic E-state index is 0.376. The van der Waals surface area contributed by atoms with Crippen LogP contribution in [0, 0.1) is 6.92 Å². The van der Waals surface area contributed by atoms with Crippen molar-refractivity contribution in [1.82, 2.24) is 4.98 Å². The molecule has 3 heteroatoms. The first-order chi connectivity index (χ1) is 6.75. The van der Waals surface area contributed by atoms with Crippen LogP contribution in [0.15, 0.2) is 16.7 Å². The third-order valence-electron chi connectivity index (χ3n) is 2.52. The van der Waals surface area contributed by atoms with E-state index in [2.05, 4.69) is 20.9 Å². The minimum atomic E-state index is 0.376. The molecular weight excluding hydrogens is 242 g/mol. The lowest BCUT2D eigenvalue weighted by Crippen LogP contribution is -2.12. The van der Waals surface area contributed by atoms with Gasteiger partial charge >= 0.3 is 0 Å². The summed E-state index contributed by atoms with van der Waals surface area (Å²) in [6, 6.07) is 2.04. The van der Waals surface area contributed by atoms with Gasteiger partial charge in [0.2, 0.25) is 5.88 Å². The summed E-state index contributed by atoms with van der Waals surface area (Å²) in [6.07, 6.45) is 7.13. The average molecular weight is 256 g/mol. The second kappa shape index (κ2) is 4.30. The Hall–Kier alpha value is -0.570. The van der Waals surface area contributed by atoms with Crippen LogP contribution >= 0.6 is 15.9 Å². The molecule has 0 saturated heterocycles. The molecule has 1 saturated carbocycles. The molecule has 0 spiro atoms. The molecule has 0 atom stereocenters. The van der Waals surface area contributed by atoms with E-state index in [9.17, 15) is 0 Å². The molecule has 1 heterocycles. The number of pyridine rings is 1. The van der Waals surface area contributed by atoms with Crippen molar-refractivity contribution in [3.63, 3.8) is 0 Å². The molecule has 2 nitrogen and oxygen atoms in total. The van der Waals surface area contributed by atoms with Crippen LogP contribution in [0.25, 0.3) is 0 Å². The van der Waals surface area contributed by atoms with Gasteiger partial charge in [0.1, 0.15) is 6.10 Å². The largest absolute Gasteiger partial charge is 0.474 e. The van der Waals surface area contributed by atoms with E-state index in [1.54, 1.807) is 0 Å². The highest BCUT2D eigenvalue weighted by atomic mass is 79.9. The molecule has 0 radical (unpaired) electrons. The Balaban J connectivity index is 2.08. The van der Waals surface area contributed by atoms with E-state index in [-0.39, 0.29) is 0 Å². The van der Waals surface area contributed by atoms with Crippen molar-refractivity contribution in [3.8, 4) is 5.88 Å². The van der Waals surface area contributed by atoms with Crippen molar-refractivity contribution < 1.29 is 4.74 Å². The van der Waals surface area contributed by atoms with Gasteiger partial charge in [0.15, 0.2) is 0 Å². The van der Waals surface area contributed by atoms with Crippen LogP contribution in [-0.2, 0) is 0 Å². The minimum Gasteiger partial charge on any atom is -0.474 e. The van der Waals surface area contributed by atoms with Crippen molar-refractivity contribution in [1.29, 1.82) is 0 Å². The molecule has 0 amide bonds. The number of hydrogen-bond donors (Lipinski definition) is 0. The Morgan fingerprint density at radius 3 is 2.79 bits per heavy atom. The molecule has 0 unspecified atom stereocenters. The van der Waals surface area contributed by atoms with Gasteiger partial charge < -0.3 is 4.74 Å². The molecule has 1 aliphatic rings. The van der Waals surface area contributed by atoms with Crippen LogP contribution in [0.2, 0.25) is 0 Å². The maximum atomic E-state index is 5.80. The smallest absolute Gasteiger partial charge is 0.228 e. The number of aryl methyl sites for hydroxylation is 1. The first kappa shape index (κ1) is 9.97. The van der Waals surface area contributed by atoms with Crippen LogP contribution in [0.4, 0.5) is 0 Å². The Kier molecular flexibility index (Phi) is 3.06. The molecule has 1 aromatic heterocycles. The molecule has 14 heavy (non-hydrogen) atoms. The molecule has 1 fully saturated rings. The Bertz CT molecular complexity index is 321. The number of halogens is 1. The average Bonchev–Trinajstić information content (AvgIpc) is 2.62. The van der Waals surface area contributed by atoms with Crippen molar-refractivity contribution >= 4 is 15.9 Å². The van der Waals surface area contributed by atoms with Gasteiger partial charge in [-0.15, -0.1) is 0 Å². The zero-order valence-corrected chi connectivity index (χ0v) is 9.88. The van der Waals surface area contributed by atoms with Gasteiger partial charge in [0.25, 0.3) is 0 Å². The van der Waals surface area contributed by atoms with E-state index in [0.29, 0.717) is 6.10 Å². The summed E-state index contributed by atoms with van der Waals surface area (Å²) < 4.78 is 6.77. The van der Waals surface area contributed by atoms with Crippen LogP contribution in [0.3, 0.4) is 0 Å². The van der Waals surface area contributed by atoms with E-state index >= 15 is 0 Å². The van der Waals surface area contributed by atoms with Crippen LogP contribution in [0.1, 0.15) is 31.2 Å². The normalized spacial score (nSPS) is 17.3. The van der Waals surface area contributed by atoms with Crippen LogP contribution < -0.4 is 4.74 Å². The van der Waals surface area contributed by atoms with E-state index in [1.807, 2.05) is 19.2 Å². The lowest BCUT2D eigenvalue weighted by molar-refractivity contribution is 0.200. The molecule has 1 aliphatic carbocycles. The SMILES string of the molecule is Cc1cnc(OC2CCCC2)c(Br)c1. The fourth-order valence-corrected chi connectivity index (χ4v) is 2.33. The summed E-state index contributed by atoms with van der Waals surface area (Å²) in [5.41, 5.74) is 1.15. The quantitative estimate of drug-likeness (QED) is 0.808. The molecule has 2 rings (SSSR count). The predicted molar refractivity (Wildman–Crippen MR) is 59.6 cm³/mol. The van der Waals surface area contributed by atoms with Gasteiger partial charge in [-0.1, -0.05) is 0 Å². The number of rotatable bonds is 2. The Morgan fingerprint density at radius 1 is 1.43 bits per heavy atom. The molecule has 0 N–H and O–H groups in total. The van der Waals surface area contributed by atoms with Gasteiger partial charge in [-0.05, 0) is 60.2 Å². The fraction of sp³-hybridized carbons (Fsp3) is 0.545. The van der Waals surface area contributed by atoms with Gasteiger partial charge in [-0.25, -0.2) is 4.98 Å². The standard InChI is InChI=1S/C11H14BrNO/c1-8-6-10(12)11(13-7-8)14-9-4-2-3-5-9/h6-7,9H,2-5H2,1H3. The van der Waals surface area contributed by atoms with E-state index in [0.717, 1.165) is 15.9 Å². The first-order valence-electron chi connectivity index (χ1n) is 5.04. The topological polar surface area (TPSA) is 22.1 Å². The lowest BCUT2D eigenvalue weighted by Gasteiger charge is -2.13. The van der Waals surface area contributed by atoms with Crippen molar-refractivity contribution in [2.75, 3.05) is 0 Å². The summed E-state index contributed by atoms with van der Waals surface area (Å²) in [4.78, 5) is 4.27. The third-order valence-corrected chi connectivity index (χ3v) is 3.09. The highest BCUT2D eigenvalue weighted by molar-refractivity contribution is 9.10. The van der Waals surface area contributed by atoms with Crippen molar-refractivity contribution in [2.24, 2.45) is 0 Å². The highest BCUT2D eigenvalue weighted by Crippen LogP contribution is 2.28. The number of aromatic nitrogens is 1. The molecule has 0 aromatic carbocycles. The van der Waals surface area contributed by atoms with Gasteiger partial charge in [0.05, 0.1) is 4.47 Å². The number of hydrogen-bond acceptors (Lipinski definition) is 2. The molecule has 0 aliphatic heterocycles. The van der Waals surface area contributed by atoms with Crippen molar-refractivity contribution in [3.05, 3.63) is 22.3 Å². The number of nitrogens with zero attached hydrogens (tertiary/aromatic N) is 1. The van der Waals surface area contributed by atoms with Gasteiger partial charge in [0, 0.05) is 6.20 Å². The molecule has 1 aromatic rings. The van der Waals surface area contributed by atoms with Crippen LogP contribution in [-0.4, -0.2) is 11.1 Å². The van der Waals surface area contributed by atoms with Crippen molar-refractivity contribution in [2.45, 2.75) is 38.7 Å². The highest BCUT2D eigenvalue weighted by Gasteiger charge is 2.18. The maximum absolute atomic E-state index is 5.80. The summed E-state index contributed by atoms with van der Waals surface area (Å²) in [6.45, 7) is 2.02. The van der Waals surface area contributed by atoms with Gasteiger partial charge in [-0.2, -0.15) is 0 Å². The van der Waals surface area contributed by atoms with Gasteiger partial charge in [-0.3, -0.25) is 0 Å². The van der Waals surface area contributed by atoms with E-state index in [4.69, 9.17) is 4.74 Å². The second-order valence-electron chi connectivity index (χ2n) is 3.82. The number of ether oxygens (including phenoxy) is 1. The fourth-order valence-electron chi connectivity index (χ4n) is 1.77. The summed E-state index contributed by atoms with van der Waals surface area (Å²) >= 11 is 3.47. The molecule has 0 bridgehead atoms.